The molecular weight excluding hydrogens is 464 g/mol. The van der Waals surface area contributed by atoms with Crippen molar-refractivity contribution in [3.05, 3.63) is 64.7 Å². The summed E-state index contributed by atoms with van der Waals surface area (Å²) in [7, 11) is 0. The van der Waals surface area contributed by atoms with E-state index in [2.05, 4.69) is 25.2 Å². The molecule has 2 aromatic rings. The van der Waals surface area contributed by atoms with Crippen molar-refractivity contribution in [1.29, 1.82) is 0 Å². The van der Waals surface area contributed by atoms with Crippen LogP contribution in [0.5, 0.6) is 5.75 Å². The Morgan fingerprint density at radius 3 is 2.43 bits per heavy atom. The third-order valence-corrected chi connectivity index (χ3v) is 7.67. The van der Waals surface area contributed by atoms with Crippen molar-refractivity contribution in [2.24, 2.45) is 0 Å². The summed E-state index contributed by atoms with van der Waals surface area (Å²) in [5, 5.41) is 3.80. The summed E-state index contributed by atoms with van der Waals surface area (Å²) in [6, 6.07) is 15.3. The third-order valence-electron chi connectivity index (χ3n) is 7.43. The average Bonchev–Trinajstić information content (AvgIpc) is 2.87. The maximum Gasteiger partial charge on any atom is 0.260 e. The second kappa shape index (κ2) is 11.4. The molecule has 2 fully saturated rings. The molecule has 1 N–H and O–H groups in total. The molecule has 0 radical (unpaired) electrons. The average molecular weight is 499 g/mol. The van der Waals surface area contributed by atoms with E-state index in [9.17, 15) is 9.59 Å². The summed E-state index contributed by atoms with van der Waals surface area (Å²) in [5.74, 6) is 0.442. The van der Waals surface area contributed by atoms with Gasteiger partial charge in [-0.3, -0.25) is 9.59 Å². The van der Waals surface area contributed by atoms with Gasteiger partial charge in [0.05, 0.1) is 0 Å². The van der Waals surface area contributed by atoms with Gasteiger partial charge in [-0.05, 0) is 87.9 Å². The molecule has 2 unspecified atom stereocenters. The van der Waals surface area contributed by atoms with Crippen molar-refractivity contribution in [2.45, 2.75) is 63.5 Å². The lowest BCUT2D eigenvalue weighted by Crippen LogP contribution is -2.49. The molecule has 2 saturated heterocycles. The van der Waals surface area contributed by atoms with Crippen LogP contribution in [-0.4, -0.2) is 55.2 Å². The number of nitrogens with zero attached hydrogens (tertiary/aromatic N) is 1. The second-order valence-electron chi connectivity index (χ2n) is 9.83. The van der Waals surface area contributed by atoms with Crippen LogP contribution in [0.3, 0.4) is 0 Å². The van der Waals surface area contributed by atoms with Crippen LogP contribution in [0.1, 0.15) is 61.9 Å². The summed E-state index contributed by atoms with van der Waals surface area (Å²) < 4.78 is 11.3. The molecule has 0 spiro atoms. The zero-order valence-corrected chi connectivity index (χ0v) is 21.4. The molecule has 188 valence electrons. The van der Waals surface area contributed by atoms with E-state index in [0.717, 1.165) is 37.7 Å². The van der Waals surface area contributed by atoms with Crippen LogP contribution >= 0.6 is 11.6 Å². The van der Waals surface area contributed by atoms with Crippen molar-refractivity contribution in [3.63, 3.8) is 0 Å². The van der Waals surface area contributed by atoms with Crippen molar-refractivity contribution >= 4 is 23.4 Å². The summed E-state index contributed by atoms with van der Waals surface area (Å²) in [6.45, 7) is 6.01. The lowest BCUT2D eigenvalue weighted by atomic mass is 9.74. The number of piperidine rings is 1. The van der Waals surface area contributed by atoms with Gasteiger partial charge in [0.1, 0.15) is 5.75 Å². The Kier molecular flexibility index (Phi) is 8.34. The highest BCUT2D eigenvalue weighted by atomic mass is 35.5. The predicted molar refractivity (Wildman–Crippen MR) is 137 cm³/mol. The maximum absolute atomic E-state index is 12.9. The van der Waals surface area contributed by atoms with E-state index >= 15 is 0 Å². The zero-order valence-electron chi connectivity index (χ0n) is 20.6. The minimum atomic E-state index is -0.203. The monoisotopic (exact) mass is 498 g/mol. The highest BCUT2D eigenvalue weighted by molar-refractivity contribution is 6.30. The first-order valence-electron chi connectivity index (χ1n) is 12.5. The number of halogens is 1. The van der Waals surface area contributed by atoms with Gasteiger partial charge in [-0.1, -0.05) is 23.7 Å². The highest BCUT2D eigenvalue weighted by Crippen LogP contribution is 2.35. The van der Waals surface area contributed by atoms with Gasteiger partial charge in [0, 0.05) is 47.8 Å². The van der Waals surface area contributed by atoms with Crippen LogP contribution in [0.4, 0.5) is 0 Å². The number of likely N-dealkylation sites (tertiary alicyclic amines) is 1. The van der Waals surface area contributed by atoms with Crippen LogP contribution in [0.15, 0.2) is 48.5 Å². The quantitative estimate of drug-likeness (QED) is 0.584. The van der Waals surface area contributed by atoms with Crippen LogP contribution in [-0.2, 0) is 14.9 Å². The molecule has 0 aromatic heterocycles. The number of amides is 2. The fourth-order valence-corrected chi connectivity index (χ4v) is 5.52. The first kappa shape index (κ1) is 25.5. The molecule has 7 heteroatoms. The number of hydrogen-bond acceptors (Lipinski definition) is 4. The topological polar surface area (TPSA) is 67.9 Å². The second-order valence-corrected chi connectivity index (χ2v) is 10.3. The van der Waals surface area contributed by atoms with E-state index in [1.165, 1.54) is 0 Å². The van der Waals surface area contributed by atoms with E-state index in [1.54, 1.807) is 24.3 Å². The number of hydrogen-bond donors (Lipinski definition) is 1. The Hall–Kier alpha value is -2.57. The van der Waals surface area contributed by atoms with Crippen LogP contribution < -0.4 is 10.1 Å². The molecule has 0 bridgehead atoms. The molecule has 2 heterocycles. The van der Waals surface area contributed by atoms with Crippen molar-refractivity contribution in [2.75, 3.05) is 26.4 Å². The SMILES string of the molecule is CC1CCCC(C)N1C(=O)COc1ccc(C(=O)NCC2(c3cccc(Cl)c3)CCOCC2)cc1. The van der Waals surface area contributed by atoms with Gasteiger partial charge < -0.3 is 19.7 Å². The number of benzene rings is 2. The highest BCUT2D eigenvalue weighted by Gasteiger charge is 2.35. The smallest absolute Gasteiger partial charge is 0.260 e. The molecule has 0 saturated carbocycles. The van der Waals surface area contributed by atoms with E-state index in [-0.39, 0.29) is 35.9 Å². The Balaban J connectivity index is 1.34. The Morgan fingerprint density at radius 2 is 1.77 bits per heavy atom. The van der Waals surface area contributed by atoms with Gasteiger partial charge in [-0.2, -0.15) is 0 Å². The Bertz CT molecular complexity index is 1010. The molecular formula is C28H35ClN2O4. The van der Waals surface area contributed by atoms with Crippen molar-refractivity contribution in [1.82, 2.24) is 10.2 Å². The standard InChI is InChI=1S/C28H35ClN2O4/c1-20-5-3-6-21(2)31(20)26(32)18-35-25-11-9-22(10-12-25)27(33)30-19-28(13-15-34-16-14-28)23-7-4-8-24(29)17-23/h4,7-12,17,20-21H,3,5-6,13-16,18-19H2,1-2H3,(H,30,33). The summed E-state index contributed by atoms with van der Waals surface area (Å²) >= 11 is 6.25. The van der Waals surface area contributed by atoms with E-state index < -0.39 is 0 Å². The van der Waals surface area contributed by atoms with E-state index in [4.69, 9.17) is 21.1 Å². The van der Waals surface area contributed by atoms with E-state index in [1.807, 2.05) is 23.1 Å². The third kappa shape index (κ3) is 6.17. The molecule has 2 amide bonds. The molecule has 4 rings (SSSR count). The van der Waals surface area contributed by atoms with Gasteiger partial charge in [-0.15, -0.1) is 0 Å². The number of carbonyl (C=O) groups is 2. The normalized spacial score (nSPS) is 21.9. The molecule has 0 aliphatic carbocycles. The minimum Gasteiger partial charge on any atom is -0.484 e. The summed E-state index contributed by atoms with van der Waals surface area (Å²) in [4.78, 5) is 27.5. The van der Waals surface area contributed by atoms with Gasteiger partial charge in [-0.25, -0.2) is 0 Å². The van der Waals surface area contributed by atoms with Crippen molar-refractivity contribution in [3.8, 4) is 5.75 Å². The molecule has 2 aliphatic rings. The van der Waals surface area contributed by atoms with Crippen LogP contribution in [0.25, 0.3) is 0 Å². The summed E-state index contributed by atoms with van der Waals surface area (Å²) in [5.41, 5.74) is 1.47. The molecule has 2 atom stereocenters. The molecule has 2 aromatic carbocycles. The molecule has 2 aliphatic heterocycles. The largest absolute Gasteiger partial charge is 0.484 e. The van der Waals surface area contributed by atoms with Crippen molar-refractivity contribution < 1.29 is 19.1 Å². The minimum absolute atomic E-state index is 0.00441. The van der Waals surface area contributed by atoms with Gasteiger partial charge >= 0.3 is 0 Å². The summed E-state index contributed by atoms with van der Waals surface area (Å²) in [6.07, 6.45) is 4.87. The first-order valence-corrected chi connectivity index (χ1v) is 12.9. The number of nitrogens with one attached hydrogen (secondary N) is 1. The van der Waals surface area contributed by atoms with Gasteiger partial charge in [0.2, 0.25) is 0 Å². The van der Waals surface area contributed by atoms with Gasteiger partial charge in [0.15, 0.2) is 6.61 Å². The van der Waals surface area contributed by atoms with Gasteiger partial charge in [0.25, 0.3) is 11.8 Å². The molecule has 35 heavy (non-hydrogen) atoms. The fraction of sp³-hybridized carbons (Fsp3) is 0.500. The number of carbonyl (C=O) groups excluding carboxylic acids is 2. The zero-order chi connectivity index (χ0) is 24.8. The van der Waals surface area contributed by atoms with Crippen LogP contribution in [0, 0.1) is 0 Å². The Labute approximate surface area is 212 Å². The fourth-order valence-electron chi connectivity index (χ4n) is 5.33. The lowest BCUT2D eigenvalue weighted by molar-refractivity contribution is -0.139. The number of ether oxygens (including phenoxy) is 2. The lowest BCUT2D eigenvalue weighted by Gasteiger charge is -2.39. The number of rotatable bonds is 7. The molecule has 6 nitrogen and oxygen atoms in total. The first-order chi connectivity index (χ1) is 16.9. The van der Waals surface area contributed by atoms with Crippen LogP contribution in [0.2, 0.25) is 5.02 Å². The van der Waals surface area contributed by atoms with E-state index in [0.29, 0.717) is 36.1 Å². The Morgan fingerprint density at radius 1 is 1.09 bits per heavy atom. The predicted octanol–water partition coefficient (Wildman–Crippen LogP) is 4.99. The maximum atomic E-state index is 12.9.